The summed E-state index contributed by atoms with van der Waals surface area (Å²) < 4.78 is 5.55. The van der Waals surface area contributed by atoms with Crippen LogP contribution in [0.4, 0.5) is 23.0 Å². The molecule has 0 spiro atoms. The number of rotatable bonds is 4. The van der Waals surface area contributed by atoms with Gasteiger partial charge in [-0.3, -0.25) is 9.59 Å². The van der Waals surface area contributed by atoms with Crippen molar-refractivity contribution in [2.24, 2.45) is 0 Å². The summed E-state index contributed by atoms with van der Waals surface area (Å²) in [7, 11) is 3.89. The summed E-state index contributed by atoms with van der Waals surface area (Å²) >= 11 is 0. The van der Waals surface area contributed by atoms with Crippen LogP contribution in [-0.4, -0.2) is 92.2 Å². The summed E-state index contributed by atoms with van der Waals surface area (Å²) in [5.41, 5.74) is 2.37. The van der Waals surface area contributed by atoms with Gasteiger partial charge in [-0.05, 0) is 63.2 Å². The molecule has 186 valence electrons. The molecule has 0 bridgehead atoms. The van der Waals surface area contributed by atoms with Crippen molar-refractivity contribution >= 4 is 34.8 Å². The Morgan fingerprint density at radius 2 is 1.69 bits per heavy atom. The van der Waals surface area contributed by atoms with E-state index in [0.29, 0.717) is 24.6 Å². The van der Waals surface area contributed by atoms with E-state index >= 15 is 0 Å². The van der Waals surface area contributed by atoms with Gasteiger partial charge in [-0.25, -0.2) is 4.98 Å². The summed E-state index contributed by atoms with van der Waals surface area (Å²) in [6.45, 7) is 6.67. The van der Waals surface area contributed by atoms with Gasteiger partial charge in [0.05, 0.1) is 5.69 Å². The minimum absolute atomic E-state index is 0.0744. The summed E-state index contributed by atoms with van der Waals surface area (Å²) in [6, 6.07) is 11.3. The summed E-state index contributed by atoms with van der Waals surface area (Å²) in [4.78, 5) is 38.7. The minimum atomic E-state index is -0.279. The third-order valence-electron chi connectivity index (χ3n) is 7.34. The Kier molecular flexibility index (Phi) is 6.62. The molecular formula is C26H34N6O3. The highest BCUT2D eigenvalue weighted by atomic mass is 16.5. The molecule has 1 aromatic carbocycles. The van der Waals surface area contributed by atoms with E-state index in [0.717, 1.165) is 56.2 Å². The molecule has 9 heteroatoms. The molecule has 1 N–H and O–H groups in total. The van der Waals surface area contributed by atoms with Gasteiger partial charge < -0.3 is 29.7 Å². The van der Waals surface area contributed by atoms with E-state index in [-0.39, 0.29) is 23.9 Å². The molecule has 2 amide bonds. The minimum Gasteiger partial charge on any atom is -0.381 e. The lowest BCUT2D eigenvalue weighted by atomic mass is 10.0. The van der Waals surface area contributed by atoms with E-state index in [1.165, 1.54) is 0 Å². The van der Waals surface area contributed by atoms with Crippen LogP contribution in [0.25, 0.3) is 0 Å². The van der Waals surface area contributed by atoms with Crippen LogP contribution in [0, 0.1) is 0 Å². The lowest BCUT2D eigenvalue weighted by Gasteiger charge is -2.44. The molecule has 35 heavy (non-hydrogen) atoms. The maximum absolute atomic E-state index is 12.9. The Bertz CT molecular complexity index is 1080. The SMILES string of the molecule is C[C@@H]1C(=O)N(C)c2ccc(Nc3ccc(C(=O)N4CCN(C)CC4)cc3)nc2N1C1CCOCC1. The highest BCUT2D eigenvalue weighted by Gasteiger charge is 2.39. The van der Waals surface area contributed by atoms with E-state index in [1.54, 1.807) is 4.90 Å². The maximum Gasteiger partial charge on any atom is 0.253 e. The molecule has 0 saturated carbocycles. The third kappa shape index (κ3) is 4.70. The first-order valence-electron chi connectivity index (χ1n) is 12.4. The predicted molar refractivity (Wildman–Crippen MR) is 137 cm³/mol. The Labute approximate surface area is 206 Å². The number of nitrogens with one attached hydrogen (secondary N) is 1. The fourth-order valence-electron chi connectivity index (χ4n) is 5.15. The van der Waals surface area contributed by atoms with E-state index in [1.807, 2.05) is 55.3 Å². The second-order valence-corrected chi connectivity index (χ2v) is 9.66. The van der Waals surface area contributed by atoms with Crippen molar-refractivity contribution < 1.29 is 14.3 Å². The number of aromatic nitrogens is 1. The topological polar surface area (TPSA) is 81.2 Å². The van der Waals surface area contributed by atoms with Gasteiger partial charge in [-0.15, -0.1) is 0 Å². The smallest absolute Gasteiger partial charge is 0.253 e. The van der Waals surface area contributed by atoms with Crippen molar-refractivity contribution in [2.45, 2.75) is 31.8 Å². The Morgan fingerprint density at radius 3 is 2.37 bits per heavy atom. The molecule has 0 unspecified atom stereocenters. The molecular weight excluding hydrogens is 444 g/mol. The Balaban J connectivity index is 1.34. The number of hydrogen-bond acceptors (Lipinski definition) is 7. The standard InChI is InChI=1S/C26H34N6O3/c1-18-25(33)30(3)22-8-9-23(28-24(22)32(18)21-10-16-35-17-11-21)27-20-6-4-19(5-7-20)26(34)31-14-12-29(2)13-15-31/h4-9,18,21H,10-17H2,1-3H3,(H,27,28)/t18-/m1/s1. The van der Waals surface area contributed by atoms with Gasteiger partial charge in [0.2, 0.25) is 5.91 Å². The van der Waals surface area contributed by atoms with Crippen molar-refractivity contribution in [1.29, 1.82) is 0 Å². The number of nitrogens with zero attached hydrogens (tertiary/aromatic N) is 5. The van der Waals surface area contributed by atoms with Crippen LogP contribution in [0.1, 0.15) is 30.1 Å². The third-order valence-corrected chi connectivity index (χ3v) is 7.34. The number of carbonyl (C=O) groups is 2. The Morgan fingerprint density at radius 1 is 1.00 bits per heavy atom. The van der Waals surface area contributed by atoms with Crippen molar-refractivity contribution in [3.05, 3.63) is 42.0 Å². The van der Waals surface area contributed by atoms with E-state index in [2.05, 4.69) is 22.2 Å². The number of pyridine rings is 1. The number of ether oxygens (including phenoxy) is 1. The van der Waals surface area contributed by atoms with Crippen LogP contribution in [0.3, 0.4) is 0 Å². The molecule has 1 atom stereocenters. The number of likely N-dealkylation sites (N-methyl/N-ethyl adjacent to an activating group) is 2. The molecule has 5 rings (SSSR count). The monoisotopic (exact) mass is 478 g/mol. The van der Waals surface area contributed by atoms with E-state index in [9.17, 15) is 9.59 Å². The number of anilines is 4. The van der Waals surface area contributed by atoms with Gasteiger partial charge in [-0.1, -0.05) is 0 Å². The van der Waals surface area contributed by atoms with Crippen molar-refractivity contribution in [3.8, 4) is 0 Å². The lowest BCUT2D eigenvalue weighted by molar-refractivity contribution is -0.119. The Hall–Kier alpha value is -3.17. The normalized spacial score (nSPS) is 21.7. The first-order chi connectivity index (χ1) is 16.9. The van der Waals surface area contributed by atoms with Gasteiger partial charge in [-0.2, -0.15) is 0 Å². The van der Waals surface area contributed by atoms with Gasteiger partial charge in [0, 0.05) is 63.7 Å². The first kappa shape index (κ1) is 23.6. The molecule has 0 aliphatic carbocycles. The molecule has 2 aromatic rings. The van der Waals surface area contributed by atoms with E-state index < -0.39 is 0 Å². The van der Waals surface area contributed by atoms with Gasteiger partial charge >= 0.3 is 0 Å². The van der Waals surface area contributed by atoms with Gasteiger partial charge in [0.15, 0.2) is 5.82 Å². The number of fused-ring (bicyclic) bond motifs is 1. The summed E-state index contributed by atoms with van der Waals surface area (Å²) in [5.74, 6) is 1.67. The number of hydrogen-bond donors (Lipinski definition) is 1. The van der Waals surface area contributed by atoms with Crippen LogP contribution >= 0.6 is 0 Å². The highest BCUT2D eigenvalue weighted by Crippen LogP contribution is 2.38. The molecule has 4 heterocycles. The van der Waals surface area contributed by atoms with Crippen molar-refractivity contribution in [3.63, 3.8) is 0 Å². The molecule has 9 nitrogen and oxygen atoms in total. The van der Waals surface area contributed by atoms with Crippen LogP contribution in [0.5, 0.6) is 0 Å². The number of benzene rings is 1. The second-order valence-electron chi connectivity index (χ2n) is 9.66. The second kappa shape index (κ2) is 9.83. The summed E-state index contributed by atoms with van der Waals surface area (Å²) in [5, 5.41) is 3.37. The van der Waals surface area contributed by atoms with Gasteiger partial charge in [0.1, 0.15) is 11.9 Å². The fourth-order valence-corrected chi connectivity index (χ4v) is 5.15. The van der Waals surface area contributed by atoms with Gasteiger partial charge in [0.25, 0.3) is 5.91 Å². The molecule has 2 fully saturated rings. The summed E-state index contributed by atoms with van der Waals surface area (Å²) in [6.07, 6.45) is 1.76. The lowest BCUT2D eigenvalue weighted by Crippen LogP contribution is -2.56. The predicted octanol–water partition coefficient (Wildman–Crippen LogP) is 2.56. The maximum atomic E-state index is 12.9. The average molecular weight is 479 g/mol. The number of carbonyl (C=O) groups excluding carboxylic acids is 2. The number of amides is 2. The highest BCUT2D eigenvalue weighted by molar-refractivity contribution is 6.04. The quantitative estimate of drug-likeness (QED) is 0.723. The van der Waals surface area contributed by atoms with Crippen molar-refractivity contribution in [2.75, 3.05) is 68.6 Å². The largest absolute Gasteiger partial charge is 0.381 e. The zero-order valence-electron chi connectivity index (χ0n) is 20.7. The molecule has 0 radical (unpaired) electrons. The first-order valence-corrected chi connectivity index (χ1v) is 12.4. The van der Waals surface area contributed by atoms with Crippen LogP contribution in [0.2, 0.25) is 0 Å². The fraction of sp³-hybridized carbons (Fsp3) is 0.500. The molecule has 2 saturated heterocycles. The molecule has 1 aromatic heterocycles. The molecule has 3 aliphatic rings. The van der Waals surface area contributed by atoms with Crippen LogP contribution in [-0.2, 0) is 9.53 Å². The number of piperazine rings is 1. The zero-order valence-corrected chi connectivity index (χ0v) is 20.7. The van der Waals surface area contributed by atoms with E-state index in [4.69, 9.17) is 9.72 Å². The van der Waals surface area contributed by atoms with Crippen LogP contribution in [0.15, 0.2) is 36.4 Å². The molecule has 3 aliphatic heterocycles. The average Bonchev–Trinajstić information content (AvgIpc) is 2.88. The van der Waals surface area contributed by atoms with Crippen molar-refractivity contribution in [1.82, 2.24) is 14.8 Å². The zero-order chi connectivity index (χ0) is 24.5. The van der Waals surface area contributed by atoms with Crippen LogP contribution < -0.4 is 15.1 Å².